The Hall–Kier alpha value is -0.780. The number of alkyl halides is 1. The minimum Gasteiger partial charge on any atom is -0.453 e. The molecule has 1 heterocycles. The van der Waals surface area contributed by atoms with Crippen LogP contribution in [-0.4, -0.2) is 48.0 Å². The first-order chi connectivity index (χ1) is 7.58. The van der Waals surface area contributed by atoms with Crippen LogP contribution in [0.15, 0.2) is 0 Å². The van der Waals surface area contributed by atoms with Gasteiger partial charge in [-0.1, -0.05) is 22.9 Å². The summed E-state index contributed by atoms with van der Waals surface area (Å²) >= 11 is 3.33. The Labute approximate surface area is 104 Å². The third-order valence-electron chi connectivity index (χ3n) is 2.63. The Kier molecular flexibility index (Phi) is 5.05. The summed E-state index contributed by atoms with van der Waals surface area (Å²) in [5.74, 6) is 0.0941. The van der Waals surface area contributed by atoms with Gasteiger partial charge in [0.1, 0.15) is 0 Å². The number of halogens is 1. The molecule has 16 heavy (non-hydrogen) atoms. The first-order valence-electron chi connectivity index (χ1n) is 5.35. The molecule has 0 aromatic heterocycles. The molecular weight excluding hydrogens is 276 g/mol. The van der Waals surface area contributed by atoms with Crippen LogP contribution in [0.5, 0.6) is 0 Å². The highest BCUT2D eigenvalue weighted by atomic mass is 79.9. The van der Waals surface area contributed by atoms with Crippen molar-refractivity contribution in [1.82, 2.24) is 10.2 Å². The predicted octanol–water partition coefficient (Wildman–Crippen LogP) is 1.12. The number of carbonyl (C=O) groups is 2. The average Bonchev–Trinajstić information content (AvgIpc) is 2.75. The van der Waals surface area contributed by atoms with Crippen molar-refractivity contribution in [3.05, 3.63) is 0 Å². The molecule has 0 aromatic carbocycles. The molecule has 0 saturated carbocycles. The Morgan fingerprint density at radius 1 is 1.62 bits per heavy atom. The monoisotopic (exact) mass is 292 g/mol. The largest absolute Gasteiger partial charge is 0.453 e. The van der Waals surface area contributed by atoms with Crippen LogP contribution in [-0.2, 0) is 9.53 Å². The zero-order valence-corrected chi connectivity index (χ0v) is 11.1. The summed E-state index contributed by atoms with van der Waals surface area (Å²) in [6.45, 7) is 3.21. The van der Waals surface area contributed by atoms with E-state index >= 15 is 0 Å². The van der Waals surface area contributed by atoms with Gasteiger partial charge >= 0.3 is 6.09 Å². The minimum absolute atomic E-state index is 0.00737. The van der Waals surface area contributed by atoms with Gasteiger partial charge in [0, 0.05) is 13.1 Å². The molecule has 2 unspecified atom stereocenters. The fourth-order valence-electron chi connectivity index (χ4n) is 1.68. The van der Waals surface area contributed by atoms with Gasteiger partial charge in [-0.3, -0.25) is 4.79 Å². The molecular formula is C10H17BrN2O3. The number of ether oxygens (including phenoxy) is 1. The van der Waals surface area contributed by atoms with Gasteiger partial charge in [0.2, 0.25) is 5.91 Å². The second-order valence-electron chi connectivity index (χ2n) is 3.78. The summed E-state index contributed by atoms with van der Waals surface area (Å²) in [6.07, 6.45) is 1.11. The molecule has 1 saturated heterocycles. The standard InChI is InChI=1S/C10H17BrN2O3/c1-3-8(11)9(14)13-5-4-7(6-13)12-10(15)16-2/h7-8H,3-6H2,1-2H3,(H,12,15). The molecule has 0 bridgehead atoms. The van der Waals surface area contributed by atoms with Crippen LogP contribution in [0.25, 0.3) is 0 Å². The molecule has 0 spiro atoms. The van der Waals surface area contributed by atoms with Crippen LogP contribution in [0.3, 0.4) is 0 Å². The second-order valence-corrected chi connectivity index (χ2v) is 4.89. The zero-order chi connectivity index (χ0) is 12.1. The van der Waals surface area contributed by atoms with E-state index in [-0.39, 0.29) is 16.8 Å². The Bertz CT molecular complexity index is 273. The van der Waals surface area contributed by atoms with Crippen molar-refractivity contribution in [3.8, 4) is 0 Å². The summed E-state index contributed by atoms with van der Waals surface area (Å²) in [7, 11) is 1.33. The van der Waals surface area contributed by atoms with Gasteiger partial charge in [0.15, 0.2) is 0 Å². The van der Waals surface area contributed by atoms with E-state index in [1.54, 1.807) is 4.90 Å². The maximum Gasteiger partial charge on any atom is 0.407 e. The normalized spacial score (nSPS) is 21.7. The van der Waals surface area contributed by atoms with Gasteiger partial charge in [-0.2, -0.15) is 0 Å². The van der Waals surface area contributed by atoms with Crippen molar-refractivity contribution in [3.63, 3.8) is 0 Å². The molecule has 5 nitrogen and oxygen atoms in total. The quantitative estimate of drug-likeness (QED) is 0.793. The Morgan fingerprint density at radius 3 is 2.88 bits per heavy atom. The fraction of sp³-hybridized carbons (Fsp3) is 0.800. The molecule has 2 atom stereocenters. The van der Waals surface area contributed by atoms with E-state index < -0.39 is 6.09 Å². The zero-order valence-electron chi connectivity index (χ0n) is 9.53. The van der Waals surface area contributed by atoms with Gasteiger partial charge in [-0.05, 0) is 12.8 Å². The molecule has 0 aliphatic carbocycles. The summed E-state index contributed by atoms with van der Waals surface area (Å²) in [5, 5.41) is 2.70. The van der Waals surface area contributed by atoms with Gasteiger partial charge in [-0.15, -0.1) is 0 Å². The topological polar surface area (TPSA) is 58.6 Å². The number of methoxy groups -OCH3 is 1. The number of rotatable bonds is 3. The van der Waals surface area contributed by atoms with Crippen LogP contribution in [0.4, 0.5) is 4.79 Å². The number of carbonyl (C=O) groups excluding carboxylic acids is 2. The van der Waals surface area contributed by atoms with E-state index in [0.717, 1.165) is 12.8 Å². The first-order valence-corrected chi connectivity index (χ1v) is 6.27. The molecule has 2 amide bonds. The molecule has 6 heteroatoms. The van der Waals surface area contributed by atoms with E-state index in [2.05, 4.69) is 26.0 Å². The van der Waals surface area contributed by atoms with Crippen molar-refractivity contribution < 1.29 is 14.3 Å². The lowest BCUT2D eigenvalue weighted by molar-refractivity contribution is -0.129. The van der Waals surface area contributed by atoms with E-state index in [1.165, 1.54) is 7.11 Å². The number of likely N-dealkylation sites (tertiary alicyclic amines) is 1. The molecule has 1 aliphatic rings. The van der Waals surface area contributed by atoms with Gasteiger partial charge in [-0.25, -0.2) is 4.79 Å². The van der Waals surface area contributed by atoms with E-state index in [0.29, 0.717) is 13.1 Å². The summed E-state index contributed by atoms with van der Waals surface area (Å²) in [5.41, 5.74) is 0. The van der Waals surface area contributed by atoms with Gasteiger partial charge in [0.25, 0.3) is 0 Å². The van der Waals surface area contributed by atoms with Crippen LogP contribution in [0.1, 0.15) is 19.8 Å². The third-order valence-corrected chi connectivity index (χ3v) is 3.67. The van der Waals surface area contributed by atoms with E-state index in [4.69, 9.17) is 0 Å². The van der Waals surface area contributed by atoms with Crippen molar-refractivity contribution in [2.24, 2.45) is 0 Å². The number of amides is 2. The van der Waals surface area contributed by atoms with Crippen LogP contribution >= 0.6 is 15.9 Å². The lowest BCUT2D eigenvalue weighted by Gasteiger charge is -2.19. The van der Waals surface area contributed by atoms with Crippen LogP contribution < -0.4 is 5.32 Å². The molecule has 1 N–H and O–H groups in total. The highest BCUT2D eigenvalue weighted by Gasteiger charge is 2.29. The first kappa shape index (κ1) is 13.3. The van der Waals surface area contributed by atoms with Crippen LogP contribution in [0.2, 0.25) is 0 Å². The highest BCUT2D eigenvalue weighted by Crippen LogP contribution is 2.15. The second kappa shape index (κ2) is 6.08. The van der Waals surface area contributed by atoms with Crippen molar-refractivity contribution in [1.29, 1.82) is 0 Å². The van der Waals surface area contributed by atoms with E-state index in [9.17, 15) is 9.59 Å². The van der Waals surface area contributed by atoms with Crippen LogP contribution in [0, 0.1) is 0 Å². The van der Waals surface area contributed by atoms with E-state index in [1.807, 2.05) is 6.92 Å². The lowest BCUT2D eigenvalue weighted by Crippen LogP contribution is -2.40. The van der Waals surface area contributed by atoms with Crippen molar-refractivity contribution >= 4 is 27.9 Å². The molecule has 1 aliphatic heterocycles. The molecule has 92 valence electrons. The smallest absolute Gasteiger partial charge is 0.407 e. The molecule has 1 fully saturated rings. The average molecular weight is 293 g/mol. The highest BCUT2D eigenvalue weighted by molar-refractivity contribution is 9.10. The minimum atomic E-state index is -0.440. The summed E-state index contributed by atoms with van der Waals surface area (Å²) < 4.78 is 4.51. The fourth-order valence-corrected chi connectivity index (χ4v) is 1.97. The van der Waals surface area contributed by atoms with Gasteiger partial charge in [0.05, 0.1) is 18.0 Å². The summed E-state index contributed by atoms with van der Waals surface area (Å²) in [4.78, 5) is 24.4. The van der Waals surface area contributed by atoms with Gasteiger partial charge < -0.3 is 15.0 Å². The predicted molar refractivity (Wildman–Crippen MR) is 63.5 cm³/mol. The maximum absolute atomic E-state index is 11.8. The molecule has 1 rings (SSSR count). The number of hydrogen-bond acceptors (Lipinski definition) is 3. The number of nitrogens with zero attached hydrogens (tertiary/aromatic N) is 1. The summed E-state index contributed by atoms with van der Waals surface area (Å²) in [6, 6.07) is 0.00737. The molecule has 0 aromatic rings. The maximum atomic E-state index is 11.8. The van der Waals surface area contributed by atoms with Crippen molar-refractivity contribution in [2.75, 3.05) is 20.2 Å². The number of hydrogen-bond donors (Lipinski definition) is 1. The SMILES string of the molecule is CCC(Br)C(=O)N1CCC(NC(=O)OC)C1. The number of nitrogens with one attached hydrogen (secondary N) is 1. The number of alkyl carbamates (subject to hydrolysis) is 1. The molecule has 0 radical (unpaired) electrons. The Morgan fingerprint density at radius 2 is 2.31 bits per heavy atom. The Balaban J connectivity index is 2.40. The third kappa shape index (κ3) is 3.37. The lowest BCUT2D eigenvalue weighted by atomic mass is 10.3. The van der Waals surface area contributed by atoms with Crippen molar-refractivity contribution in [2.45, 2.75) is 30.6 Å².